The van der Waals surface area contributed by atoms with Crippen molar-refractivity contribution in [1.29, 1.82) is 0 Å². The first kappa shape index (κ1) is 24.6. The number of hydrogen-bond acceptors (Lipinski definition) is 8. The van der Waals surface area contributed by atoms with E-state index < -0.39 is 30.6 Å². The van der Waals surface area contributed by atoms with E-state index >= 15 is 0 Å². The van der Waals surface area contributed by atoms with Crippen molar-refractivity contribution in [3.8, 4) is 5.75 Å². The fourth-order valence-electron chi connectivity index (χ4n) is 3.46. The summed E-state index contributed by atoms with van der Waals surface area (Å²) in [6.45, 7) is 3.04. The third-order valence-electron chi connectivity index (χ3n) is 5.10. The Bertz CT molecular complexity index is 1290. The van der Waals surface area contributed by atoms with Gasteiger partial charge in [-0.3, -0.25) is 0 Å². The Morgan fingerprint density at radius 2 is 1.75 bits per heavy atom. The van der Waals surface area contributed by atoms with Crippen molar-refractivity contribution in [2.75, 3.05) is 13.2 Å². The van der Waals surface area contributed by atoms with Gasteiger partial charge in [0.1, 0.15) is 48.1 Å². The number of halogens is 1. The molecule has 0 bridgehead atoms. The van der Waals surface area contributed by atoms with Gasteiger partial charge in [0.15, 0.2) is 0 Å². The van der Waals surface area contributed by atoms with Crippen molar-refractivity contribution in [3.63, 3.8) is 0 Å². The standard InChI is InChI=1S/C25H23FN2O8/c1-3-32-24(30)21-18(27-25(31)28-22(21)19-10-4-14(2)35-19)13-34-23(29)20-11-9-17(36-20)12-33-16-7-5-15(26)6-8-16/h4-11,22H,3,12-13H2,1-2H3,(H2,27,28,31)/t22-/m1/s1. The second kappa shape index (κ2) is 10.8. The number of hydrogen-bond donors (Lipinski definition) is 2. The Hall–Kier alpha value is -4.54. The number of carbonyl (C=O) groups excluding carboxylic acids is 3. The minimum absolute atomic E-state index is 0.00302. The minimum atomic E-state index is -0.931. The monoisotopic (exact) mass is 498 g/mol. The largest absolute Gasteiger partial charge is 0.486 e. The van der Waals surface area contributed by atoms with E-state index in [1.54, 1.807) is 26.0 Å². The molecule has 0 aliphatic carbocycles. The Kier molecular flexibility index (Phi) is 7.38. The number of nitrogens with one attached hydrogen (secondary N) is 2. The molecular weight excluding hydrogens is 475 g/mol. The third kappa shape index (κ3) is 5.74. The molecule has 1 aliphatic heterocycles. The van der Waals surface area contributed by atoms with Crippen LogP contribution < -0.4 is 15.4 Å². The van der Waals surface area contributed by atoms with Crippen LogP contribution in [0.3, 0.4) is 0 Å². The molecule has 188 valence electrons. The smallest absolute Gasteiger partial charge is 0.374 e. The third-order valence-corrected chi connectivity index (χ3v) is 5.10. The molecule has 0 spiro atoms. The highest BCUT2D eigenvalue weighted by molar-refractivity contribution is 5.95. The van der Waals surface area contributed by atoms with Crippen LogP contribution in [0, 0.1) is 12.7 Å². The Morgan fingerprint density at radius 1 is 0.972 bits per heavy atom. The lowest BCUT2D eigenvalue weighted by Crippen LogP contribution is -2.47. The quantitative estimate of drug-likeness (QED) is 0.425. The molecule has 11 heteroatoms. The molecule has 2 N–H and O–H groups in total. The van der Waals surface area contributed by atoms with Crippen LogP contribution in [0.4, 0.5) is 9.18 Å². The van der Waals surface area contributed by atoms with Crippen LogP contribution in [0.5, 0.6) is 5.75 Å². The van der Waals surface area contributed by atoms with Gasteiger partial charge in [-0.05, 0) is 62.4 Å². The predicted octanol–water partition coefficient (Wildman–Crippen LogP) is 3.93. The molecule has 3 heterocycles. The van der Waals surface area contributed by atoms with Gasteiger partial charge in [0.05, 0.1) is 17.9 Å². The molecular formula is C25H23FN2O8. The lowest BCUT2D eigenvalue weighted by molar-refractivity contribution is -0.139. The summed E-state index contributed by atoms with van der Waals surface area (Å²) in [6, 6.07) is 10.2. The maximum absolute atomic E-state index is 13.0. The summed E-state index contributed by atoms with van der Waals surface area (Å²) in [5.74, 6) is -0.339. The Morgan fingerprint density at radius 3 is 2.44 bits per heavy atom. The molecule has 10 nitrogen and oxygen atoms in total. The van der Waals surface area contributed by atoms with Crippen LogP contribution in [0.1, 0.15) is 40.8 Å². The minimum Gasteiger partial charge on any atom is -0.486 e. The van der Waals surface area contributed by atoms with Gasteiger partial charge in [-0.25, -0.2) is 18.8 Å². The van der Waals surface area contributed by atoms with Crippen molar-refractivity contribution in [3.05, 3.63) is 88.7 Å². The highest BCUT2D eigenvalue weighted by Gasteiger charge is 2.36. The first-order valence-corrected chi connectivity index (χ1v) is 11.0. The van der Waals surface area contributed by atoms with Crippen molar-refractivity contribution in [2.24, 2.45) is 0 Å². The summed E-state index contributed by atoms with van der Waals surface area (Å²) in [4.78, 5) is 37.6. The zero-order valence-electron chi connectivity index (χ0n) is 19.5. The average molecular weight is 498 g/mol. The van der Waals surface area contributed by atoms with Crippen molar-refractivity contribution in [2.45, 2.75) is 26.5 Å². The van der Waals surface area contributed by atoms with Crippen LogP contribution in [-0.2, 0) is 20.9 Å². The van der Waals surface area contributed by atoms with Gasteiger partial charge >= 0.3 is 18.0 Å². The number of carbonyl (C=O) groups is 3. The van der Waals surface area contributed by atoms with Crippen LogP contribution >= 0.6 is 0 Å². The molecule has 0 fully saturated rings. The van der Waals surface area contributed by atoms with Gasteiger partial charge in [0.2, 0.25) is 5.76 Å². The number of amides is 2. The molecule has 0 saturated heterocycles. The number of ether oxygens (including phenoxy) is 3. The van der Waals surface area contributed by atoms with Gasteiger partial charge < -0.3 is 33.7 Å². The maximum Gasteiger partial charge on any atom is 0.374 e. The highest BCUT2D eigenvalue weighted by atomic mass is 19.1. The predicted molar refractivity (Wildman–Crippen MR) is 121 cm³/mol. The summed E-state index contributed by atoms with van der Waals surface area (Å²) in [6.07, 6.45) is 0. The Labute approximate surface area is 205 Å². The molecule has 0 radical (unpaired) electrons. The van der Waals surface area contributed by atoms with Gasteiger partial charge in [-0.2, -0.15) is 0 Å². The number of aryl methyl sites for hydroxylation is 1. The fourth-order valence-corrected chi connectivity index (χ4v) is 3.46. The van der Waals surface area contributed by atoms with E-state index in [2.05, 4.69) is 10.6 Å². The van der Waals surface area contributed by atoms with Crippen LogP contribution in [0.15, 0.2) is 68.6 Å². The molecule has 2 amide bonds. The summed E-state index contributed by atoms with van der Waals surface area (Å²) in [5, 5.41) is 5.12. The summed E-state index contributed by atoms with van der Waals surface area (Å²) < 4.78 is 40.0. The molecule has 36 heavy (non-hydrogen) atoms. The lowest BCUT2D eigenvalue weighted by atomic mass is 10.0. The van der Waals surface area contributed by atoms with Gasteiger partial charge in [0, 0.05) is 0 Å². The van der Waals surface area contributed by atoms with Gasteiger partial charge in [0.25, 0.3) is 0 Å². The number of furan rings is 2. The maximum atomic E-state index is 13.0. The SMILES string of the molecule is CCOC(=O)C1=C(COC(=O)c2ccc(COc3ccc(F)cc3)o2)NC(=O)N[C@@H]1c1ccc(C)o1. The van der Waals surface area contributed by atoms with E-state index in [-0.39, 0.29) is 36.1 Å². The molecule has 1 aromatic carbocycles. The number of rotatable bonds is 9. The molecule has 0 saturated carbocycles. The van der Waals surface area contributed by atoms with Crippen LogP contribution in [0.25, 0.3) is 0 Å². The molecule has 4 rings (SSSR count). The number of urea groups is 1. The lowest BCUT2D eigenvalue weighted by Gasteiger charge is -2.27. The van der Waals surface area contributed by atoms with Gasteiger partial charge in [-0.1, -0.05) is 0 Å². The second-order valence-corrected chi connectivity index (χ2v) is 7.68. The first-order valence-electron chi connectivity index (χ1n) is 11.0. The normalized spacial score (nSPS) is 15.2. The fraction of sp³-hybridized carbons (Fsp3) is 0.240. The van der Waals surface area contributed by atoms with E-state index in [0.29, 0.717) is 23.0 Å². The molecule has 1 aliphatic rings. The second-order valence-electron chi connectivity index (χ2n) is 7.68. The van der Waals surface area contributed by atoms with E-state index in [1.165, 1.54) is 36.4 Å². The van der Waals surface area contributed by atoms with E-state index in [1.807, 2.05) is 0 Å². The molecule has 2 aromatic heterocycles. The van der Waals surface area contributed by atoms with Gasteiger partial charge in [-0.15, -0.1) is 0 Å². The Balaban J connectivity index is 1.46. The highest BCUT2D eigenvalue weighted by Crippen LogP contribution is 2.29. The number of benzene rings is 1. The van der Waals surface area contributed by atoms with E-state index in [4.69, 9.17) is 23.0 Å². The van der Waals surface area contributed by atoms with Crippen LogP contribution in [-0.4, -0.2) is 31.2 Å². The number of esters is 2. The van der Waals surface area contributed by atoms with E-state index in [9.17, 15) is 18.8 Å². The van der Waals surface area contributed by atoms with E-state index in [0.717, 1.165) is 0 Å². The van der Waals surface area contributed by atoms with Crippen LogP contribution in [0.2, 0.25) is 0 Å². The first-order chi connectivity index (χ1) is 17.3. The zero-order valence-corrected chi connectivity index (χ0v) is 19.5. The zero-order chi connectivity index (χ0) is 25.7. The summed E-state index contributed by atoms with van der Waals surface area (Å²) in [5.41, 5.74) is 0.0995. The van der Waals surface area contributed by atoms with Crippen molar-refractivity contribution >= 4 is 18.0 Å². The molecule has 1 atom stereocenters. The van der Waals surface area contributed by atoms with Crippen molar-refractivity contribution < 1.29 is 41.8 Å². The molecule has 3 aromatic rings. The average Bonchev–Trinajstić information content (AvgIpc) is 3.51. The molecule has 0 unspecified atom stereocenters. The van der Waals surface area contributed by atoms with Crippen molar-refractivity contribution in [1.82, 2.24) is 10.6 Å². The summed E-state index contributed by atoms with van der Waals surface area (Å²) in [7, 11) is 0. The topological polar surface area (TPSA) is 129 Å². The summed E-state index contributed by atoms with van der Waals surface area (Å²) >= 11 is 0.